The first kappa shape index (κ1) is 19.2. The molecular formula is C19H22N2O5S. The zero-order valence-electron chi connectivity index (χ0n) is 15.1. The molecule has 1 amide bonds. The number of nitrogens with one attached hydrogen (secondary N) is 1. The van der Waals surface area contributed by atoms with Crippen LogP contribution in [0.5, 0.6) is 11.5 Å². The minimum absolute atomic E-state index is 0.00110. The van der Waals surface area contributed by atoms with Crippen molar-refractivity contribution in [1.29, 1.82) is 0 Å². The number of benzene rings is 2. The molecule has 0 unspecified atom stereocenters. The summed E-state index contributed by atoms with van der Waals surface area (Å²) in [6, 6.07) is 14.6. The molecule has 0 aromatic heterocycles. The van der Waals surface area contributed by atoms with Crippen molar-refractivity contribution >= 4 is 21.6 Å². The normalized spacial score (nSPS) is 12.8. The van der Waals surface area contributed by atoms with E-state index in [0.717, 1.165) is 5.56 Å². The first-order valence-electron chi connectivity index (χ1n) is 8.64. The third-order valence-electron chi connectivity index (χ3n) is 4.21. The van der Waals surface area contributed by atoms with Gasteiger partial charge >= 0.3 is 0 Å². The van der Waals surface area contributed by atoms with Crippen LogP contribution in [-0.2, 0) is 21.2 Å². The lowest BCUT2D eigenvalue weighted by Gasteiger charge is -2.21. The van der Waals surface area contributed by atoms with E-state index in [2.05, 4.69) is 4.72 Å². The number of carbonyl (C=O) groups excluding carboxylic acids is 1. The summed E-state index contributed by atoms with van der Waals surface area (Å²) in [6.07, 6.45) is 0.439. The van der Waals surface area contributed by atoms with Crippen molar-refractivity contribution in [3.05, 3.63) is 54.1 Å². The third kappa shape index (κ3) is 5.21. The van der Waals surface area contributed by atoms with Gasteiger partial charge in [0.15, 0.2) is 11.5 Å². The highest BCUT2D eigenvalue weighted by Gasteiger charge is 2.19. The lowest BCUT2D eigenvalue weighted by molar-refractivity contribution is -0.116. The van der Waals surface area contributed by atoms with Crippen molar-refractivity contribution in [1.82, 2.24) is 4.72 Å². The number of sulfonamides is 1. The number of amides is 1. The lowest BCUT2D eigenvalue weighted by atomic mass is 10.2. The van der Waals surface area contributed by atoms with Crippen LogP contribution in [0.4, 0.5) is 5.69 Å². The number of nitrogens with zero attached hydrogens (tertiary/aromatic N) is 1. The molecule has 2 aromatic rings. The van der Waals surface area contributed by atoms with Crippen molar-refractivity contribution < 1.29 is 22.7 Å². The van der Waals surface area contributed by atoms with E-state index < -0.39 is 10.0 Å². The number of carbonyl (C=O) groups is 1. The Hall–Kier alpha value is -2.58. The third-order valence-corrected chi connectivity index (χ3v) is 5.59. The molecule has 0 fully saturated rings. The Morgan fingerprint density at radius 3 is 2.59 bits per heavy atom. The zero-order chi connectivity index (χ0) is 19.3. The first-order valence-corrected chi connectivity index (χ1v) is 10.3. The molecule has 1 aliphatic heterocycles. The van der Waals surface area contributed by atoms with Gasteiger partial charge in [0.25, 0.3) is 0 Å². The number of aryl methyl sites for hydroxylation is 1. The second-order valence-corrected chi connectivity index (χ2v) is 8.08. The summed E-state index contributed by atoms with van der Waals surface area (Å²) in [4.78, 5) is 13.5. The topological polar surface area (TPSA) is 84.9 Å². The molecule has 144 valence electrons. The SMILES string of the molecule is CC(=O)N(CCNS(=O)(=O)CCc1ccccc1)c1ccc2c(c1)OCO2. The van der Waals surface area contributed by atoms with Crippen LogP contribution in [0, 0.1) is 0 Å². The van der Waals surface area contributed by atoms with Gasteiger partial charge in [0, 0.05) is 31.8 Å². The molecule has 0 spiro atoms. The minimum atomic E-state index is -3.43. The van der Waals surface area contributed by atoms with Gasteiger partial charge < -0.3 is 14.4 Å². The van der Waals surface area contributed by atoms with E-state index in [1.165, 1.54) is 11.8 Å². The molecule has 1 N–H and O–H groups in total. The molecular weight excluding hydrogens is 368 g/mol. The van der Waals surface area contributed by atoms with Crippen molar-refractivity contribution in [3.8, 4) is 11.5 Å². The van der Waals surface area contributed by atoms with Crippen LogP contribution in [0.1, 0.15) is 12.5 Å². The summed E-state index contributed by atoms with van der Waals surface area (Å²) in [5.41, 5.74) is 1.60. The Kier molecular flexibility index (Phi) is 5.98. The predicted molar refractivity (Wildman–Crippen MR) is 103 cm³/mol. The van der Waals surface area contributed by atoms with Gasteiger partial charge in [-0.25, -0.2) is 13.1 Å². The second-order valence-electron chi connectivity index (χ2n) is 6.16. The molecule has 1 heterocycles. The number of hydrogen-bond acceptors (Lipinski definition) is 5. The molecule has 0 aliphatic carbocycles. The highest BCUT2D eigenvalue weighted by molar-refractivity contribution is 7.89. The Morgan fingerprint density at radius 1 is 1.11 bits per heavy atom. The minimum Gasteiger partial charge on any atom is -0.454 e. The summed E-state index contributed by atoms with van der Waals surface area (Å²) < 4.78 is 37.5. The van der Waals surface area contributed by atoms with Crippen LogP contribution >= 0.6 is 0 Å². The Bertz CT molecular complexity index is 900. The molecule has 3 rings (SSSR count). The highest BCUT2D eigenvalue weighted by atomic mass is 32.2. The number of anilines is 1. The molecule has 0 radical (unpaired) electrons. The molecule has 2 aromatic carbocycles. The molecule has 0 saturated carbocycles. The number of ether oxygens (including phenoxy) is 2. The van der Waals surface area contributed by atoms with Gasteiger partial charge in [-0.3, -0.25) is 4.79 Å². The maximum absolute atomic E-state index is 12.2. The predicted octanol–water partition coefficient (Wildman–Crippen LogP) is 1.93. The standard InChI is InChI=1S/C19H22N2O5S/c1-15(22)21(17-7-8-18-19(13-17)26-14-25-18)11-10-20-27(23,24)12-9-16-5-3-2-4-6-16/h2-8,13,20H,9-12,14H2,1H3. The molecule has 0 bridgehead atoms. The van der Waals surface area contributed by atoms with E-state index in [1.54, 1.807) is 18.2 Å². The van der Waals surface area contributed by atoms with Gasteiger partial charge in [0.1, 0.15) is 0 Å². The molecule has 0 atom stereocenters. The van der Waals surface area contributed by atoms with Crippen molar-refractivity contribution in [2.24, 2.45) is 0 Å². The number of rotatable bonds is 8. The maximum atomic E-state index is 12.2. The summed E-state index contributed by atoms with van der Waals surface area (Å²) in [5, 5.41) is 0. The highest BCUT2D eigenvalue weighted by Crippen LogP contribution is 2.35. The van der Waals surface area contributed by atoms with Gasteiger partial charge in [-0.1, -0.05) is 30.3 Å². The van der Waals surface area contributed by atoms with Crippen LogP contribution in [0.3, 0.4) is 0 Å². The fraction of sp³-hybridized carbons (Fsp3) is 0.316. The van der Waals surface area contributed by atoms with Crippen LogP contribution in [0.25, 0.3) is 0 Å². The molecule has 27 heavy (non-hydrogen) atoms. The lowest BCUT2D eigenvalue weighted by Crippen LogP contribution is -2.38. The van der Waals surface area contributed by atoms with Crippen LogP contribution in [0.2, 0.25) is 0 Å². The number of hydrogen-bond donors (Lipinski definition) is 1. The van der Waals surface area contributed by atoms with Gasteiger partial charge in [-0.2, -0.15) is 0 Å². The molecule has 1 aliphatic rings. The largest absolute Gasteiger partial charge is 0.454 e. The van der Waals surface area contributed by atoms with Gasteiger partial charge in [-0.15, -0.1) is 0 Å². The molecule has 8 heteroatoms. The van der Waals surface area contributed by atoms with Crippen LogP contribution in [-0.4, -0.2) is 40.0 Å². The maximum Gasteiger partial charge on any atom is 0.231 e. The van der Waals surface area contributed by atoms with E-state index >= 15 is 0 Å². The summed E-state index contributed by atoms with van der Waals surface area (Å²) in [7, 11) is -3.43. The van der Waals surface area contributed by atoms with E-state index in [9.17, 15) is 13.2 Å². The quantitative estimate of drug-likeness (QED) is 0.745. The van der Waals surface area contributed by atoms with Crippen molar-refractivity contribution in [2.75, 3.05) is 30.5 Å². The fourth-order valence-electron chi connectivity index (χ4n) is 2.80. The molecule has 0 saturated heterocycles. The Morgan fingerprint density at radius 2 is 1.85 bits per heavy atom. The van der Waals surface area contributed by atoms with Gasteiger partial charge in [0.05, 0.1) is 5.75 Å². The summed E-state index contributed by atoms with van der Waals surface area (Å²) in [6.45, 7) is 1.94. The van der Waals surface area contributed by atoms with E-state index in [4.69, 9.17) is 9.47 Å². The summed E-state index contributed by atoms with van der Waals surface area (Å²) in [5.74, 6) is 1.02. The second kappa shape index (κ2) is 8.41. The average Bonchev–Trinajstić information content (AvgIpc) is 3.12. The van der Waals surface area contributed by atoms with Crippen molar-refractivity contribution in [3.63, 3.8) is 0 Å². The van der Waals surface area contributed by atoms with E-state index in [0.29, 0.717) is 23.6 Å². The molecule has 7 nitrogen and oxygen atoms in total. The average molecular weight is 390 g/mol. The van der Waals surface area contributed by atoms with Crippen LogP contribution < -0.4 is 19.1 Å². The summed E-state index contributed by atoms with van der Waals surface area (Å²) >= 11 is 0. The zero-order valence-corrected chi connectivity index (χ0v) is 15.9. The Labute approximate surface area is 158 Å². The Balaban J connectivity index is 1.56. The van der Waals surface area contributed by atoms with E-state index in [1.807, 2.05) is 30.3 Å². The van der Waals surface area contributed by atoms with Gasteiger partial charge in [0.2, 0.25) is 22.7 Å². The van der Waals surface area contributed by atoms with E-state index in [-0.39, 0.29) is 31.5 Å². The van der Waals surface area contributed by atoms with Gasteiger partial charge in [-0.05, 0) is 24.1 Å². The smallest absolute Gasteiger partial charge is 0.231 e. The van der Waals surface area contributed by atoms with Crippen LogP contribution in [0.15, 0.2) is 48.5 Å². The fourth-order valence-corrected chi connectivity index (χ4v) is 3.85. The first-order chi connectivity index (χ1) is 12.9. The number of fused-ring (bicyclic) bond motifs is 1. The monoisotopic (exact) mass is 390 g/mol. The van der Waals surface area contributed by atoms with Crippen molar-refractivity contribution in [2.45, 2.75) is 13.3 Å².